The highest BCUT2D eigenvalue weighted by Gasteiger charge is 2.13. The van der Waals surface area contributed by atoms with Crippen LogP contribution in [-0.4, -0.2) is 4.92 Å². The summed E-state index contributed by atoms with van der Waals surface area (Å²) in [6.45, 7) is -0.363. The number of non-ortho nitro benzene ring substituents is 1. The van der Waals surface area contributed by atoms with Crippen LogP contribution in [0.2, 0.25) is 0 Å². The van der Waals surface area contributed by atoms with E-state index in [1.165, 1.54) is 24.3 Å². The number of benzene rings is 2. The lowest BCUT2D eigenvalue weighted by molar-refractivity contribution is -0.385. The molecule has 0 heterocycles. The van der Waals surface area contributed by atoms with E-state index in [4.69, 9.17) is 4.74 Å². The summed E-state index contributed by atoms with van der Waals surface area (Å²) < 4.78 is 32.5. The quantitative estimate of drug-likeness (QED) is 0.617. The molecule has 0 saturated carbocycles. The van der Waals surface area contributed by atoms with Gasteiger partial charge in [-0.3, -0.25) is 10.1 Å². The van der Waals surface area contributed by atoms with Gasteiger partial charge in [0, 0.05) is 6.07 Å². The first kappa shape index (κ1) is 14.4. The summed E-state index contributed by atoms with van der Waals surface area (Å²) in [5.41, 5.74) is -0.400. The Balaban J connectivity index is 2.23. The Morgan fingerprint density at radius 1 is 1.20 bits per heavy atom. The molecule has 104 valence electrons. The summed E-state index contributed by atoms with van der Waals surface area (Å²) in [5, 5.41) is 10.7. The molecule has 0 amide bonds. The molecular weight excluding hydrogens is 336 g/mol. The number of hydrogen-bond donors (Lipinski definition) is 0. The highest BCUT2D eigenvalue weighted by atomic mass is 79.9. The molecule has 0 fully saturated rings. The molecule has 0 aliphatic carbocycles. The van der Waals surface area contributed by atoms with E-state index in [-0.39, 0.29) is 23.6 Å². The van der Waals surface area contributed by atoms with Gasteiger partial charge in [-0.25, -0.2) is 8.78 Å². The zero-order valence-corrected chi connectivity index (χ0v) is 11.6. The summed E-state index contributed by atoms with van der Waals surface area (Å²) in [6.07, 6.45) is 0. The van der Waals surface area contributed by atoms with Gasteiger partial charge in [0.05, 0.1) is 21.0 Å². The van der Waals surface area contributed by atoms with Gasteiger partial charge in [-0.15, -0.1) is 0 Å². The van der Waals surface area contributed by atoms with Gasteiger partial charge >= 0.3 is 0 Å². The third-order valence-corrected chi connectivity index (χ3v) is 3.21. The predicted octanol–water partition coefficient (Wildman–Crippen LogP) is 4.21. The van der Waals surface area contributed by atoms with Crippen molar-refractivity contribution in [2.75, 3.05) is 0 Å². The topological polar surface area (TPSA) is 52.4 Å². The number of hydrogen-bond acceptors (Lipinski definition) is 3. The van der Waals surface area contributed by atoms with Crippen molar-refractivity contribution < 1.29 is 18.4 Å². The molecule has 0 saturated heterocycles. The van der Waals surface area contributed by atoms with E-state index in [9.17, 15) is 18.9 Å². The minimum atomic E-state index is -0.730. The maximum atomic E-state index is 13.4. The average molecular weight is 344 g/mol. The van der Waals surface area contributed by atoms with Gasteiger partial charge < -0.3 is 4.74 Å². The van der Waals surface area contributed by atoms with Crippen molar-refractivity contribution in [2.45, 2.75) is 6.61 Å². The Morgan fingerprint density at radius 3 is 2.45 bits per heavy atom. The van der Waals surface area contributed by atoms with Gasteiger partial charge in [0.2, 0.25) is 0 Å². The van der Waals surface area contributed by atoms with Crippen LogP contribution in [0, 0.1) is 21.7 Å². The van der Waals surface area contributed by atoms with E-state index >= 15 is 0 Å². The Kier molecular flexibility index (Phi) is 4.29. The first-order valence-corrected chi connectivity index (χ1v) is 6.28. The summed E-state index contributed by atoms with van der Waals surface area (Å²) in [7, 11) is 0. The highest BCUT2D eigenvalue weighted by Crippen LogP contribution is 2.30. The van der Waals surface area contributed by atoms with Crippen molar-refractivity contribution in [3.8, 4) is 5.75 Å². The van der Waals surface area contributed by atoms with E-state index < -0.39 is 16.6 Å². The third kappa shape index (κ3) is 3.11. The molecule has 0 radical (unpaired) electrons. The average Bonchev–Trinajstić information content (AvgIpc) is 2.39. The largest absolute Gasteiger partial charge is 0.487 e. The summed E-state index contributed by atoms with van der Waals surface area (Å²) in [4.78, 5) is 10.1. The van der Waals surface area contributed by atoms with E-state index in [2.05, 4.69) is 15.9 Å². The fourth-order valence-corrected chi connectivity index (χ4v) is 1.90. The Hall–Kier alpha value is -2.02. The maximum absolute atomic E-state index is 13.4. The molecular formula is C13H8BrF2NO3. The van der Waals surface area contributed by atoms with Crippen molar-refractivity contribution in [3.63, 3.8) is 0 Å². The minimum Gasteiger partial charge on any atom is -0.487 e. The van der Waals surface area contributed by atoms with Gasteiger partial charge in [-0.05, 0) is 34.1 Å². The van der Waals surface area contributed by atoms with Crippen LogP contribution in [0.4, 0.5) is 14.5 Å². The Labute approximate surface area is 121 Å². The summed E-state index contributed by atoms with van der Waals surface area (Å²) >= 11 is 3.16. The molecule has 0 aliphatic rings. The molecule has 0 aromatic heterocycles. The molecule has 4 nitrogen and oxygen atoms in total. The third-order valence-electron chi connectivity index (χ3n) is 2.56. The normalized spacial score (nSPS) is 10.3. The van der Waals surface area contributed by atoms with Crippen LogP contribution in [0.3, 0.4) is 0 Å². The number of nitrogens with zero attached hydrogens (tertiary/aromatic N) is 1. The summed E-state index contributed by atoms with van der Waals surface area (Å²) in [5.74, 6) is -1.32. The lowest BCUT2D eigenvalue weighted by Crippen LogP contribution is -2.02. The fourth-order valence-electron chi connectivity index (χ4n) is 1.54. The number of halogens is 3. The van der Waals surface area contributed by atoms with E-state index in [0.717, 1.165) is 12.1 Å². The standard InChI is InChI=1S/C13H8BrF2NO3/c14-10-5-4-8(17(18)19)6-13(10)20-7-9-11(15)2-1-3-12(9)16/h1-6H,7H2. The molecule has 0 spiro atoms. The minimum absolute atomic E-state index is 0.141. The SMILES string of the molecule is O=[N+]([O-])c1ccc(Br)c(OCc2c(F)cccc2F)c1. The molecule has 2 aromatic rings. The van der Waals surface area contributed by atoms with Crippen molar-refractivity contribution in [2.24, 2.45) is 0 Å². The van der Waals surface area contributed by atoms with Crippen LogP contribution in [0.1, 0.15) is 5.56 Å². The molecule has 2 rings (SSSR count). The lowest BCUT2D eigenvalue weighted by atomic mass is 10.2. The van der Waals surface area contributed by atoms with Gasteiger partial charge in [0.25, 0.3) is 5.69 Å². The highest BCUT2D eigenvalue weighted by molar-refractivity contribution is 9.10. The molecule has 2 aromatic carbocycles. The maximum Gasteiger partial charge on any atom is 0.273 e. The first-order valence-electron chi connectivity index (χ1n) is 5.48. The van der Waals surface area contributed by atoms with Crippen molar-refractivity contribution in [3.05, 3.63) is 68.2 Å². The van der Waals surface area contributed by atoms with E-state index in [1.807, 2.05) is 0 Å². The molecule has 0 unspecified atom stereocenters. The van der Waals surface area contributed by atoms with Gasteiger partial charge in [-0.1, -0.05) is 6.07 Å². The van der Waals surface area contributed by atoms with E-state index in [0.29, 0.717) is 4.47 Å². The molecule has 0 N–H and O–H groups in total. The molecule has 0 atom stereocenters. The van der Waals surface area contributed by atoms with Gasteiger partial charge in [0.1, 0.15) is 24.0 Å². The second-order valence-electron chi connectivity index (χ2n) is 3.86. The van der Waals surface area contributed by atoms with Crippen LogP contribution in [-0.2, 0) is 6.61 Å². The number of rotatable bonds is 4. The number of ether oxygens (including phenoxy) is 1. The summed E-state index contributed by atoms with van der Waals surface area (Å²) in [6, 6.07) is 7.39. The van der Waals surface area contributed by atoms with Crippen LogP contribution in [0.5, 0.6) is 5.75 Å². The molecule has 20 heavy (non-hydrogen) atoms. The molecule has 7 heteroatoms. The van der Waals surface area contributed by atoms with Crippen LogP contribution < -0.4 is 4.74 Å². The molecule has 0 aliphatic heterocycles. The second kappa shape index (κ2) is 5.96. The van der Waals surface area contributed by atoms with Crippen LogP contribution in [0.25, 0.3) is 0 Å². The molecule has 0 bridgehead atoms. The van der Waals surface area contributed by atoms with Gasteiger partial charge in [-0.2, -0.15) is 0 Å². The Morgan fingerprint density at radius 2 is 1.85 bits per heavy atom. The van der Waals surface area contributed by atoms with Crippen LogP contribution >= 0.6 is 15.9 Å². The fraction of sp³-hybridized carbons (Fsp3) is 0.0769. The predicted molar refractivity (Wildman–Crippen MR) is 71.5 cm³/mol. The first-order chi connectivity index (χ1) is 9.49. The zero-order valence-electron chi connectivity index (χ0n) is 9.98. The Bertz CT molecular complexity index is 644. The lowest BCUT2D eigenvalue weighted by Gasteiger charge is -2.09. The second-order valence-corrected chi connectivity index (χ2v) is 4.72. The van der Waals surface area contributed by atoms with Crippen molar-refractivity contribution in [1.29, 1.82) is 0 Å². The smallest absolute Gasteiger partial charge is 0.273 e. The number of nitro groups is 1. The zero-order chi connectivity index (χ0) is 14.7. The van der Waals surface area contributed by atoms with Crippen LogP contribution in [0.15, 0.2) is 40.9 Å². The van der Waals surface area contributed by atoms with Crippen molar-refractivity contribution in [1.82, 2.24) is 0 Å². The van der Waals surface area contributed by atoms with E-state index in [1.54, 1.807) is 0 Å². The number of nitro benzene ring substituents is 1. The van der Waals surface area contributed by atoms with Gasteiger partial charge in [0.15, 0.2) is 0 Å². The monoisotopic (exact) mass is 343 g/mol. The van der Waals surface area contributed by atoms with Crippen molar-refractivity contribution >= 4 is 21.6 Å².